The molecule has 0 fully saturated rings. The zero-order chi connectivity index (χ0) is 36.7. The maximum atomic E-state index is 11.0. The van der Waals surface area contributed by atoms with Crippen molar-refractivity contribution in [3.63, 3.8) is 0 Å². The summed E-state index contributed by atoms with van der Waals surface area (Å²) in [7, 11) is 0. The fourth-order valence-corrected chi connectivity index (χ4v) is 9.53. The molecule has 4 aromatic rings. The van der Waals surface area contributed by atoms with Crippen LogP contribution in [0.25, 0.3) is 11.1 Å². The second-order valence-corrected chi connectivity index (χ2v) is 18.9. The molecule has 1 aromatic heterocycles. The molecule has 3 nitrogen and oxygen atoms in total. The van der Waals surface area contributed by atoms with Crippen LogP contribution >= 0.6 is 31.9 Å². The molecular formula is C44H57Br2MoN2O-. The number of fused-ring (bicyclic) bond motifs is 2. The molecule has 2 aliphatic rings. The van der Waals surface area contributed by atoms with E-state index < -0.39 is 17.9 Å². The van der Waals surface area contributed by atoms with Crippen molar-refractivity contribution in [2.75, 3.05) is 0 Å². The number of aromatic hydroxyl groups is 1. The first-order chi connectivity index (χ1) is 23.6. The molecule has 6 heteroatoms. The van der Waals surface area contributed by atoms with E-state index in [9.17, 15) is 5.11 Å². The molecule has 0 bridgehead atoms. The molecule has 0 unspecified atom stereocenters. The number of nitrogens with zero attached hydrogens (tertiary/aromatic N) is 2. The first-order valence-electron chi connectivity index (χ1n) is 18.3. The standard InChI is InChI=1S/C21H22Br2O.C12H17N.C6H8N.C5H10.Mo/c1-12-17(22)10-13-6-2-4-8-15(13)19(12)20-16-9-5-3-7-14(16)11-18(23)21(20)24;1-8(2)10-6-5-7-11(9(3)4)12(10)13;1-5-3-4-6(2)7-5;1-5(2,3)4;/h10-11,24H,2-9H2,1H3;5-9H,1-4H3;3-4H,1-2H3;1H,2-4H3;/q;;-1;;. The summed E-state index contributed by atoms with van der Waals surface area (Å²) in [5.41, 5.74) is 15.9. The van der Waals surface area contributed by atoms with E-state index >= 15 is 0 Å². The van der Waals surface area contributed by atoms with Crippen LogP contribution < -0.4 is 4.98 Å². The van der Waals surface area contributed by atoms with Gasteiger partial charge < -0.3 is 10.1 Å². The van der Waals surface area contributed by atoms with Crippen molar-refractivity contribution in [2.45, 2.75) is 132 Å². The molecule has 6 rings (SSSR count). The van der Waals surface area contributed by atoms with Gasteiger partial charge in [-0.2, -0.15) is 11.4 Å². The number of hydrogen-bond donors (Lipinski definition) is 1. The molecule has 0 saturated heterocycles. The zero-order valence-corrected chi connectivity index (χ0v) is 37.1. The Hall–Kier alpha value is -1.94. The number of halogens is 2. The number of phenolic OH excluding ortho intramolecular Hbond substituents is 1. The average Bonchev–Trinajstić information content (AvgIpc) is 3.44. The molecule has 0 amide bonds. The van der Waals surface area contributed by atoms with Crippen molar-refractivity contribution in [3.8, 4) is 16.9 Å². The fraction of sp³-hybridized carbons (Fsp3) is 0.477. The maximum Gasteiger partial charge on any atom is 0.137 e. The van der Waals surface area contributed by atoms with Gasteiger partial charge in [0.2, 0.25) is 0 Å². The smallest absolute Gasteiger partial charge is 0.137 e. The van der Waals surface area contributed by atoms with E-state index in [0.29, 0.717) is 17.6 Å². The molecule has 0 saturated carbocycles. The molecule has 0 spiro atoms. The zero-order valence-electron chi connectivity index (χ0n) is 31.9. The van der Waals surface area contributed by atoms with Gasteiger partial charge in [-0.1, -0.05) is 41.9 Å². The Balaban J connectivity index is 0.000000192. The molecule has 3 aromatic carbocycles. The largest absolute Gasteiger partial charge is 0.665 e. The van der Waals surface area contributed by atoms with E-state index in [0.717, 1.165) is 47.1 Å². The van der Waals surface area contributed by atoms with Gasteiger partial charge in [0.15, 0.2) is 0 Å². The van der Waals surface area contributed by atoms with Crippen LogP contribution in [-0.4, -0.2) is 9.51 Å². The van der Waals surface area contributed by atoms with Gasteiger partial charge in [0.25, 0.3) is 0 Å². The molecule has 270 valence electrons. The van der Waals surface area contributed by atoms with Gasteiger partial charge in [-0.05, 0) is 120 Å². The Morgan fingerprint density at radius 1 is 0.740 bits per heavy atom. The fourth-order valence-electron chi connectivity index (χ4n) is 6.89. The van der Waals surface area contributed by atoms with E-state index in [1.54, 1.807) is 0 Å². The van der Waals surface area contributed by atoms with E-state index in [-0.39, 0.29) is 5.41 Å². The summed E-state index contributed by atoms with van der Waals surface area (Å²) in [5.74, 6) is 1.50. The van der Waals surface area contributed by atoms with E-state index in [4.69, 9.17) is 3.50 Å². The monoisotopic (exact) mass is 885 g/mol. The first kappa shape index (κ1) is 40.8. The molecule has 2 aliphatic carbocycles. The minimum atomic E-state index is -0.415. The van der Waals surface area contributed by atoms with E-state index in [1.807, 2.05) is 26.0 Å². The number of aromatic nitrogens is 1. The third-order valence-corrected chi connectivity index (χ3v) is 13.6. The minimum absolute atomic E-state index is 0.288. The summed E-state index contributed by atoms with van der Waals surface area (Å²) >= 11 is 6.95. The van der Waals surface area contributed by atoms with E-state index in [2.05, 4.69) is 127 Å². The van der Waals surface area contributed by atoms with Gasteiger partial charge in [-0.15, -0.1) is 0 Å². The molecule has 50 heavy (non-hydrogen) atoms. The van der Waals surface area contributed by atoms with E-state index in [1.165, 1.54) is 80.4 Å². The minimum Gasteiger partial charge on any atom is -0.665 e. The summed E-state index contributed by atoms with van der Waals surface area (Å²) in [4.78, 5) is 4.11. The summed E-state index contributed by atoms with van der Waals surface area (Å²) < 4.78 is 9.43. The van der Waals surface area contributed by atoms with Crippen molar-refractivity contribution >= 4 is 41.9 Å². The van der Waals surface area contributed by atoms with Crippen LogP contribution in [0.4, 0.5) is 5.69 Å². The molecule has 1 heterocycles. The first-order valence-corrected chi connectivity index (χ1v) is 22.0. The summed E-state index contributed by atoms with van der Waals surface area (Å²) in [5, 5.41) is 11.0. The second kappa shape index (κ2) is 18.2. The van der Waals surface area contributed by atoms with Gasteiger partial charge in [-0.3, -0.25) is 0 Å². The summed E-state index contributed by atoms with van der Waals surface area (Å²) in [6.07, 6.45) is 9.46. The predicted molar refractivity (Wildman–Crippen MR) is 218 cm³/mol. The van der Waals surface area contributed by atoms with Crippen LogP contribution in [0, 0.1) is 26.2 Å². The Bertz CT molecular complexity index is 1740. The quantitative estimate of drug-likeness (QED) is 0.208. The molecule has 0 atom stereocenters. The normalized spacial score (nSPS) is 13.8. The average molecular weight is 886 g/mol. The predicted octanol–water partition coefficient (Wildman–Crippen LogP) is 13.6. The topological polar surface area (TPSA) is 46.7 Å². The Morgan fingerprint density at radius 2 is 1.22 bits per heavy atom. The van der Waals surface area contributed by atoms with Crippen LogP contribution in [0.5, 0.6) is 5.75 Å². The van der Waals surface area contributed by atoms with Gasteiger partial charge in [-0.25, -0.2) is 0 Å². The van der Waals surface area contributed by atoms with Crippen molar-refractivity contribution in [1.82, 2.24) is 4.98 Å². The Morgan fingerprint density at radius 3 is 1.68 bits per heavy atom. The van der Waals surface area contributed by atoms with Crippen LogP contribution in [-0.2, 0) is 43.6 Å². The molecule has 0 radical (unpaired) electrons. The number of rotatable bonds is 4. The van der Waals surface area contributed by atoms with Crippen molar-refractivity contribution < 1.29 is 23.0 Å². The summed E-state index contributed by atoms with van der Waals surface area (Å²) in [6, 6.07) is 15.1. The van der Waals surface area contributed by atoms with Crippen LogP contribution in [0.15, 0.2) is 54.9 Å². The second-order valence-electron chi connectivity index (χ2n) is 15.6. The van der Waals surface area contributed by atoms with Gasteiger partial charge in [0.05, 0.1) is 4.47 Å². The third kappa shape index (κ3) is 10.6. The summed E-state index contributed by atoms with van der Waals surface area (Å²) in [6.45, 7) is 22.0. The van der Waals surface area contributed by atoms with Crippen LogP contribution in [0.3, 0.4) is 0 Å². The molecule has 1 N–H and O–H groups in total. The number of benzene rings is 3. The maximum absolute atomic E-state index is 11.0. The van der Waals surface area contributed by atoms with Gasteiger partial charge >= 0.3 is 127 Å². The van der Waals surface area contributed by atoms with Gasteiger partial charge in [0, 0.05) is 10.0 Å². The van der Waals surface area contributed by atoms with Crippen molar-refractivity contribution in [1.29, 1.82) is 0 Å². The number of aryl methyl sites for hydroxylation is 4. The molecular weight excluding hydrogens is 828 g/mol. The molecule has 0 aliphatic heterocycles. The number of phenols is 1. The Labute approximate surface area is 327 Å². The third-order valence-electron chi connectivity index (χ3n) is 9.48. The van der Waals surface area contributed by atoms with Crippen LogP contribution in [0.2, 0.25) is 0 Å². The SMILES string of the molecule is CC(C)c1cccc(C(C)C)c1[N]=[Mo]=[CH]C(C)(C)C.Cc1c(Br)cc2c(c1-c1c(O)c(Br)cc3c1CCCC3)CCCC2.Cc1ccc(C)[n-]1. The van der Waals surface area contributed by atoms with Crippen LogP contribution in [0.1, 0.15) is 136 Å². The van der Waals surface area contributed by atoms with Crippen molar-refractivity contribution in [2.24, 2.45) is 8.91 Å². The van der Waals surface area contributed by atoms with Gasteiger partial charge in [0.1, 0.15) is 5.75 Å². The number of hydrogen-bond acceptors (Lipinski definition) is 2. The van der Waals surface area contributed by atoms with Crippen molar-refractivity contribution in [3.05, 3.63) is 102 Å². The Kier molecular flexibility index (Phi) is 14.9.